The Labute approximate surface area is 380 Å². The average molecular weight is 880 g/mol. The van der Waals surface area contributed by atoms with Crippen LogP contribution in [0.2, 0.25) is 0 Å². The minimum atomic E-state index is -0.679. The highest BCUT2D eigenvalue weighted by molar-refractivity contribution is 5.78. The van der Waals surface area contributed by atoms with Crippen molar-refractivity contribution in [1.82, 2.24) is 15.5 Å². The summed E-state index contributed by atoms with van der Waals surface area (Å²) in [6.07, 6.45) is 30.9. The van der Waals surface area contributed by atoms with Crippen molar-refractivity contribution in [2.45, 2.75) is 239 Å². The molecule has 0 heterocycles. The maximum absolute atomic E-state index is 13.1. The van der Waals surface area contributed by atoms with Crippen LogP contribution in [0.5, 0.6) is 0 Å². The minimum Gasteiger partial charge on any atom is -0.465 e. The van der Waals surface area contributed by atoms with Crippen molar-refractivity contribution in [1.29, 1.82) is 0 Å². The molecule has 0 spiro atoms. The first kappa shape index (κ1) is 59.3. The lowest BCUT2D eigenvalue weighted by Gasteiger charge is -2.19. The molecule has 0 radical (unpaired) electrons. The maximum atomic E-state index is 13.1. The maximum Gasteiger partial charge on any atom is 0.308 e. The molecular weight excluding hydrogens is 783 g/mol. The molecule has 3 unspecified atom stereocenters. The summed E-state index contributed by atoms with van der Waals surface area (Å²) in [5.74, 6) is -0.984. The van der Waals surface area contributed by atoms with Crippen molar-refractivity contribution in [3.63, 3.8) is 0 Å². The van der Waals surface area contributed by atoms with Gasteiger partial charge in [-0.15, -0.1) is 0 Å². The van der Waals surface area contributed by atoms with Crippen LogP contribution in [0.3, 0.4) is 0 Å². The van der Waals surface area contributed by atoms with Gasteiger partial charge in [0.25, 0.3) is 0 Å². The SMILES string of the molecule is CCCCCCCCC(CCCCCC)C(=O)NCCCCC(=O)NC(COC(=O)CCCCOC(=O)C(CCCCCC)CCCCCCCC)COC(=O)CCCN(C)C. The van der Waals surface area contributed by atoms with E-state index < -0.39 is 12.0 Å². The van der Waals surface area contributed by atoms with E-state index in [9.17, 15) is 24.0 Å². The van der Waals surface area contributed by atoms with Crippen LogP contribution < -0.4 is 10.6 Å². The van der Waals surface area contributed by atoms with Crippen LogP contribution >= 0.6 is 0 Å². The molecule has 2 amide bonds. The summed E-state index contributed by atoms with van der Waals surface area (Å²) in [4.78, 5) is 66.3. The Balaban J connectivity index is 4.89. The van der Waals surface area contributed by atoms with Crippen molar-refractivity contribution in [3.05, 3.63) is 0 Å². The number of carbonyl (C=O) groups is 5. The van der Waals surface area contributed by atoms with Gasteiger partial charge >= 0.3 is 17.9 Å². The monoisotopic (exact) mass is 880 g/mol. The highest BCUT2D eigenvalue weighted by Crippen LogP contribution is 2.22. The molecule has 0 aromatic carbocycles. The largest absolute Gasteiger partial charge is 0.465 e. The predicted molar refractivity (Wildman–Crippen MR) is 254 cm³/mol. The molecule has 0 bridgehead atoms. The summed E-state index contributed by atoms with van der Waals surface area (Å²) in [7, 11) is 3.89. The second-order valence-corrected chi connectivity index (χ2v) is 18.1. The molecule has 11 heteroatoms. The summed E-state index contributed by atoms with van der Waals surface area (Å²) in [5.41, 5.74) is 0. The van der Waals surface area contributed by atoms with Gasteiger partial charge in [-0.1, -0.05) is 156 Å². The molecule has 364 valence electrons. The number of esters is 3. The molecule has 0 saturated heterocycles. The number of unbranched alkanes of at least 4 members (excludes halogenated alkanes) is 18. The van der Waals surface area contributed by atoms with Gasteiger partial charge < -0.3 is 29.7 Å². The van der Waals surface area contributed by atoms with Crippen LogP contribution in [0.4, 0.5) is 0 Å². The Morgan fingerprint density at radius 3 is 1.40 bits per heavy atom. The lowest BCUT2D eigenvalue weighted by atomic mass is 9.93. The van der Waals surface area contributed by atoms with E-state index in [4.69, 9.17) is 14.2 Å². The fourth-order valence-electron chi connectivity index (χ4n) is 7.69. The second kappa shape index (κ2) is 43.6. The molecule has 62 heavy (non-hydrogen) atoms. The predicted octanol–water partition coefficient (Wildman–Crippen LogP) is 11.6. The lowest BCUT2D eigenvalue weighted by Crippen LogP contribution is -2.42. The zero-order valence-corrected chi connectivity index (χ0v) is 41.1. The third kappa shape index (κ3) is 37.8. The summed E-state index contributed by atoms with van der Waals surface area (Å²) >= 11 is 0. The Morgan fingerprint density at radius 1 is 0.468 bits per heavy atom. The highest BCUT2D eigenvalue weighted by atomic mass is 16.5. The number of nitrogens with zero attached hydrogens (tertiary/aromatic N) is 1. The molecule has 0 saturated carbocycles. The molecule has 0 rings (SSSR count). The third-order valence-electron chi connectivity index (χ3n) is 11.7. The fourth-order valence-corrected chi connectivity index (χ4v) is 7.69. The first-order valence-corrected chi connectivity index (χ1v) is 25.8. The number of rotatable bonds is 45. The molecule has 0 aromatic heterocycles. The van der Waals surface area contributed by atoms with Gasteiger partial charge in [0, 0.05) is 31.7 Å². The van der Waals surface area contributed by atoms with E-state index in [1.165, 1.54) is 83.5 Å². The third-order valence-corrected chi connectivity index (χ3v) is 11.7. The quantitative estimate of drug-likeness (QED) is 0.0347. The fraction of sp³-hybridized carbons (Fsp3) is 0.902. The van der Waals surface area contributed by atoms with Crippen LogP contribution in [0.15, 0.2) is 0 Å². The van der Waals surface area contributed by atoms with Gasteiger partial charge in [0.05, 0.1) is 18.6 Å². The van der Waals surface area contributed by atoms with Gasteiger partial charge in [0.15, 0.2) is 0 Å². The molecule has 0 aliphatic rings. The van der Waals surface area contributed by atoms with E-state index in [0.29, 0.717) is 38.6 Å². The van der Waals surface area contributed by atoms with Crippen LogP contribution in [-0.2, 0) is 38.2 Å². The normalized spacial score (nSPS) is 12.8. The first-order chi connectivity index (χ1) is 30.1. The number of hydrogen-bond donors (Lipinski definition) is 2. The van der Waals surface area contributed by atoms with E-state index in [1.807, 2.05) is 19.0 Å². The van der Waals surface area contributed by atoms with Crippen LogP contribution in [0.25, 0.3) is 0 Å². The Hall–Kier alpha value is -2.69. The van der Waals surface area contributed by atoms with Crippen LogP contribution in [-0.4, -0.2) is 87.7 Å². The zero-order valence-electron chi connectivity index (χ0n) is 41.1. The molecule has 2 N–H and O–H groups in total. The minimum absolute atomic E-state index is 0.0510. The molecular formula is C51H97N3O8. The molecule has 0 aromatic rings. The van der Waals surface area contributed by atoms with Crippen molar-refractivity contribution in [3.8, 4) is 0 Å². The van der Waals surface area contributed by atoms with Crippen molar-refractivity contribution < 1.29 is 38.2 Å². The Bertz CT molecular complexity index is 1100. The highest BCUT2D eigenvalue weighted by Gasteiger charge is 2.21. The van der Waals surface area contributed by atoms with E-state index in [-0.39, 0.29) is 74.7 Å². The van der Waals surface area contributed by atoms with Gasteiger partial charge in [-0.3, -0.25) is 24.0 Å². The second-order valence-electron chi connectivity index (χ2n) is 18.1. The number of nitrogens with one attached hydrogen (secondary N) is 2. The number of hydrogen-bond acceptors (Lipinski definition) is 9. The molecule has 11 nitrogen and oxygen atoms in total. The van der Waals surface area contributed by atoms with E-state index >= 15 is 0 Å². The smallest absolute Gasteiger partial charge is 0.308 e. The summed E-state index contributed by atoms with van der Waals surface area (Å²) in [5, 5.41) is 6.03. The van der Waals surface area contributed by atoms with Crippen molar-refractivity contribution in [2.75, 3.05) is 47.0 Å². The summed E-state index contributed by atoms with van der Waals surface area (Å²) in [6, 6.07) is -0.679. The topological polar surface area (TPSA) is 140 Å². The molecule has 3 atom stereocenters. The van der Waals surface area contributed by atoms with Gasteiger partial charge in [-0.05, 0) is 78.4 Å². The zero-order chi connectivity index (χ0) is 45.9. The Kier molecular flexibility index (Phi) is 41.7. The Morgan fingerprint density at radius 2 is 0.903 bits per heavy atom. The number of amides is 2. The van der Waals surface area contributed by atoms with Gasteiger partial charge in [-0.2, -0.15) is 0 Å². The van der Waals surface area contributed by atoms with E-state index in [0.717, 1.165) is 77.2 Å². The van der Waals surface area contributed by atoms with Crippen molar-refractivity contribution in [2.24, 2.45) is 11.8 Å². The van der Waals surface area contributed by atoms with E-state index in [1.54, 1.807) is 0 Å². The van der Waals surface area contributed by atoms with Crippen LogP contribution in [0.1, 0.15) is 233 Å². The summed E-state index contributed by atoms with van der Waals surface area (Å²) in [6.45, 7) is 10.2. The standard InChI is InChI=1S/C51H97N3O8/c1-7-11-15-19-21-25-33-44(32-23-17-13-9-3)50(58)52-39-29-27-36-47(55)53-46(43-62-49(57)38-31-40-54(5)6)42-61-48(56)37-28-30-41-60-51(59)45(34-24-18-14-10-4)35-26-22-20-16-12-8-2/h44-46H,7-43H2,1-6H3,(H,52,58)(H,53,55). The van der Waals surface area contributed by atoms with Crippen molar-refractivity contribution >= 4 is 29.7 Å². The number of carbonyl (C=O) groups excluding carboxylic acids is 5. The van der Waals surface area contributed by atoms with Gasteiger partial charge in [0.2, 0.25) is 11.8 Å². The van der Waals surface area contributed by atoms with E-state index in [2.05, 4.69) is 38.3 Å². The molecule has 0 aliphatic heterocycles. The first-order valence-electron chi connectivity index (χ1n) is 25.8. The number of ether oxygens (including phenoxy) is 3. The van der Waals surface area contributed by atoms with Gasteiger partial charge in [-0.25, -0.2) is 0 Å². The van der Waals surface area contributed by atoms with Crippen LogP contribution in [0, 0.1) is 11.8 Å². The molecule has 0 aliphatic carbocycles. The summed E-state index contributed by atoms with van der Waals surface area (Å²) < 4.78 is 16.7. The van der Waals surface area contributed by atoms with Gasteiger partial charge in [0.1, 0.15) is 13.2 Å². The lowest BCUT2D eigenvalue weighted by molar-refractivity contribution is -0.149. The average Bonchev–Trinajstić information content (AvgIpc) is 3.25. The molecule has 0 fully saturated rings.